The molecule has 2 rings (SSSR count). The van der Waals surface area contributed by atoms with Gasteiger partial charge in [-0.2, -0.15) is 0 Å². The lowest BCUT2D eigenvalue weighted by Gasteiger charge is -2.23. The lowest BCUT2D eigenvalue weighted by atomic mass is 10.1. The third-order valence-electron chi connectivity index (χ3n) is 3.07. The Balaban J connectivity index is 2.31. The quantitative estimate of drug-likeness (QED) is 0.868. The standard InChI is InChI=1S/C15H17ClFNOS/c1-3-11(18)15(13-8-7-9(2)20-13)19-12-6-4-5-10(16)14(12)17/h4-8,11,15H,3,18H2,1-2H3. The van der Waals surface area contributed by atoms with Crippen molar-refractivity contribution in [1.82, 2.24) is 0 Å². The first-order chi connectivity index (χ1) is 9.52. The van der Waals surface area contributed by atoms with Gasteiger partial charge in [-0.05, 0) is 37.6 Å². The van der Waals surface area contributed by atoms with Crippen molar-refractivity contribution in [2.75, 3.05) is 0 Å². The third-order valence-corrected chi connectivity index (χ3v) is 4.43. The van der Waals surface area contributed by atoms with Crippen molar-refractivity contribution in [1.29, 1.82) is 0 Å². The summed E-state index contributed by atoms with van der Waals surface area (Å²) in [6.45, 7) is 4.00. The summed E-state index contributed by atoms with van der Waals surface area (Å²) in [5, 5.41) is 0.0497. The number of rotatable bonds is 5. The molecular formula is C15H17ClFNOS. The fourth-order valence-electron chi connectivity index (χ4n) is 1.89. The molecule has 5 heteroatoms. The molecule has 0 saturated heterocycles. The van der Waals surface area contributed by atoms with E-state index >= 15 is 0 Å². The van der Waals surface area contributed by atoms with E-state index in [0.29, 0.717) is 0 Å². The lowest BCUT2D eigenvalue weighted by molar-refractivity contribution is 0.167. The van der Waals surface area contributed by atoms with Gasteiger partial charge in [-0.3, -0.25) is 0 Å². The van der Waals surface area contributed by atoms with Crippen molar-refractivity contribution in [3.8, 4) is 5.75 Å². The molecule has 1 aromatic heterocycles. The second kappa shape index (κ2) is 6.57. The molecular weight excluding hydrogens is 297 g/mol. The molecule has 108 valence electrons. The van der Waals surface area contributed by atoms with E-state index in [1.807, 2.05) is 26.0 Å². The highest BCUT2D eigenvalue weighted by Crippen LogP contribution is 2.33. The second-order valence-corrected chi connectivity index (χ2v) is 6.34. The minimum Gasteiger partial charge on any atom is -0.480 e. The zero-order valence-corrected chi connectivity index (χ0v) is 13.0. The van der Waals surface area contributed by atoms with Crippen LogP contribution in [0.4, 0.5) is 4.39 Å². The van der Waals surface area contributed by atoms with Crippen LogP contribution in [0.3, 0.4) is 0 Å². The summed E-state index contributed by atoms with van der Waals surface area (Å²) in [6, 6.07) is 8.50. The van der Waals surface area contributed by atoms with Gasteiger partial charge in [0.1, 0.15) is 6.10 Å². The van der Waals surface area contributed by atoms with Crippen molar-refractivity contribution in [2.24, 2.45) is 5.73 Å². The number of benzene rings is 1. The second-order valence-electron chi connectivity index (χ2n) is 4.61. The van der Waals surface area contributed by atoms with E-state index in [-0.39, 0.29) is 22.9 Å². The average molecular weight is 314 g/mol. The van der Waals surface area contributed by atoms with E-state index in [4.69, 9.17) is 22.1 Å². The van der Waals surface area contributed by atoms with Gasteiger partial charge in [0.25, 0.3) is 0 Å². The van der Waals surface area contributed by atoms with E-state index in [1.54, 1.807) is 23.5 Å². The van der Waals surface area contributed by atoms with Crippen LogP contribution in [0.5, 0.6) is 5.75 Å². The maximum atomic E-state index is 14.0. The molecule has 0 radical (unpaired) electrons. The summed E-state index contributed by atoms with van der Waals surface area (Å²) in [7, 11) is 0. The van der Waals surface area contributed by atoms with E-state index in [1.165, 1.54) is 10.9 Å². The van der Waals surface area contributed by atoms with Crippen LogP contribution in [0.15, 0.2) is 30.3 Å². The van der Waals surface area contributed by atoms with Gasteiger partial charge in [-0.15, -0.1) is 11.3 Å². The smallest absolute Gasteiger partial charge is 0.183 e. The molecule has 20 heavy (non-hydrogen) atoms. The van der Waals surface area contributed by atoms with Gasteiger partial charge in [0.05, 0.1) is 5.02 Å². The predicted octanol–water partition coefficient (Wildman–Crippen LogP) is 4.71. The SMILES string of the molecule is CCC(N)C(Oc1cccc(Cl)c1F)c1ccc(C)s1. The maximum absolute atomic E-state index is 14.0. The van der Waals surface area contributed by atoms with Gasteiger partial charge < -0.3 is 10.5 Å². The highest BCUT2D eigenvalue weighted by Gasteiger charge is 2.23. The van der Waals surface area contributed by atoms with Gasteiger partial charge >= 0.3 is 0 Å². The Morgan fingerprint density at radius 3 is 2.70 bits per heavy atom. The third kappa shape index (κ3) is 3.32. The molecule has 2 aromatic rings. The van der Waals surface area contributed by atoms with Crippen molar-refractivity contribution in [3.05, 3.63) is 50.9 Å². The summed E-state index contributed by atoms with van der Waals surface area (Å²) in [6.07, 6.45) is 0.371. The predicted molar refractivity (Wildman–Crippen MR) is 82.1 cm³/mol. The molecule has 1 heterocycles. The molecule has 2 nitrogen and oxygen atoms in total. The molecule has 0 saturated carbocycles. The van der Waals surface area contributed by atoms with Gasteiger partial charge in [0.15, 0.2) is 11.6 Å². The van der Waals surface area contributed by atoms with Gasteiger partial charge in [-0.1, -0.05) is 24.6 Å². The number of halogens is 2. The fourth-order valence-corrected chi connectivity index (χ4v) is 3.04. The molecule has 2 unspecified atom stereocenters. The first-order valence-electron chi connectivity index (χ1n) is 6.45. The van der Waals surface area contributed by atoms with Crippen LogP contribution >= 0.6 is 22.9 Å². The summed E-state index contributed by atoms with van der Waals surface area (Å²) in [5.41, 5.74) is 6.12. The summed E-state index contributed by atoms with van der Waals surface area (Å²) in [4.78, 5) is 2.17. The monoisotopic (exact) mass is 313 g/mol. The Bertz CT molecular complexity index is 587. The van der Waals surface area contributed by atoms with Gasteiger partial charge in [0.2, 0.25) is 0 Å². The highest BCUT2D eigenvalue weighted by molar-refractivity contribution is 7.12. The molecule has 0 fully saturated rings. The van der Waals surface area contributed by atoms with E-state index < -0.39 is 5.82 Å². The molecule has 2 atom stereocenters. The number of thiophene rings is 1. The van der Waals surface area contributed by atoms with Gasteiger partial charge in [-0.25, -0.2) is 4.39 Å². The fraction of sp³-hybridized carbons (Fsp3) is 0.333. The summed E-state index contributed by atoms with van der Waals surface area (Å²) >= 11 is 7.39. The van der Waals surface area contributed by atoms with E-state index in [2.05, 4.69) is 0 Å². The zero-order valence-electron chi connectivity index (χ0n) is 11.4. The Labute approximate surface area is 127 Å². The summed E-state index contributed by atoms with van der Waals surface area (Å²) in [5.74, 6) is -0.409. The zero-order chi connectivity index (χ0) is 14.7. The van der Waals surface area contributed by atoms with Crippen LogP contribution in [0.25, 0.3) is 0 Å². The van der Waals surface area contributed by atoms with E-state index in [0.717, 1.165) is 11.3 Å². The highest BCUT2D eigenvalue weighted by atomic mass is 35.5. The molecule has 0 aliphatic rings. The Kier molecular flexibility index (Phi) is 5.02. The molecule has 2 N–H and O–H groups in total. The van der Waals surface area contributed by atoms with Crippen molar-refractivity contribution < 1.29 is 9.13 Å². The lowest BCUT2D eigenvalue weighted by Crippen LogP contribution is -2.31. The van der Waals surface area contributed by atoms with Crippen LogP contribution in [0.1, 0.15) is 29.2 Å². The Morgan fingerprint density at radius 2 is 2.10 bits per heavy atom. The first-order valence-corrected chi connectivity index (χ1v) is 7.65. The largest absolute Gasteiger partial charge is 0.480 e. The molecule has 0 amide bonds. The minimum absolute atomic E-state index is 0.0497. The van der Waals surface area contributed by atoms with Crippen LogP contribution in [-0.4, -0.2) is 6.04 Å². The Hall–Kier alpha value is -1.10. The Morgan fingerprint density at radius 1 is 1.35 bits per heavy atom. The number of hydrogen-bond donors (Lipinski definition) is 1. The molecule has 1 aromatic carbocycles. The molecule has 0 aliphatic carbocycles. The number of ether oxygens (including phenoxy) is 1. The molecule has 0 aliphatic heterocycles. The first kappa shape index (κ1) is 15.3. The van der Waals surface area contributed by atoms with Crippen LogP contribution in [-0.2, 0) is 0 Å². The van der Waals surface area contributed by atoms with E-state index in [9.17, 15) is 4.39 Å². The normalized spacial score (nSPS) is 14.1. The minimum atomic E-state index is -0.546. The number of hydrogen-bond acceptors (Lipinski definition) is 3. The molecule has 0 bridgehead atoms. The maximum Gasteiger partial charge on any atom is 0.183 e. The van der Waals surface area contributed by atoms with Crippen molar-refractivity contribution in [3.63, 3.8) is 0 Å². The van der Waals surface area contributed by atoms with Crippen LogP contribution in [0, 0.1) is 12.7 Å². The van der Waals surface area contributed by atoms with Crippen LogP contribution in [0.2, 0.25) is 5.02 Å². The topological polar surface area (TPSA) is 35.2 Å². The summed E-state index contributed by atoms with van der Waals surface area (Å²) < 4.78 is 19.8. The number of nitrogens with two attached hydrogens (primary N) is 1. The van der Waals surface area contributed by atoms with Crippen molar-refractivity contribution >= 4 is 22.9 Å². The molecule has 0 spiro atoms. The van der Waals surface area contributed by atoms with Crippen molar-refractivity contribution in [2.45, 2.75) is 32.4 Å². The average Bonchev–Trinajstić information content (AvgIpc) is 2.86. The van der Waals surface area contributed by atoms with Gasteiger partial charge in [0, 0.05) is 15.8 Å². The number of aryl methyl sites for hydroxylation is 1. The van der Waals surface area contributed by atoms with Crippen LogP contribution < -0.4 is 10.5 Å².